The molecule has 2 aromatic carbocycles. The molecule has 7 heteroatoms. The number of nitrogens with one attached hydrogen (secondary N) is 1. The molecule has 0 fully saturated rings. The van der Waals surface area contributed by atoms with E-state index < -0.39 is 10.0 Å². The van der Waals surface area contributed by atoms with Gasteiger partial charge in [0.2, 0.25) is 0 Å². The molecule has 106 valence electrons. The second-order valence-electron chi connectivity index (χ2n) is 4.20. The van der Waals surface area contributed by atoms with Gasteiger partial charge in [-0.1, -0.05) is 33.6 Å². The lowest BCUT2D eigenvalue weighted by molar-refractivity contribution is 0.601. The lowest BCUT2D eigenvalue weighted by Crippen LogP contribution is -2.15. The number of rotatable bonds is 3. The van der Waals surface area contributed by atoms with Crippen LogP contribution in [0.3, 0.4) is 0 Å². The molecule has 0 radical (unpaired) electrons. The van der Waals surface area contributed by atoms with Gasteiger partial charge in [0.1, 0.15) is 4.90 Å². The van der Waals surface area contributed by atoms with Crippen molar-refractivity contribution in [2.75, 3.05) is 10.5 Å². The van der Waals surface area contributed by atoms with Gasteiger partial charge in [-0.15, -0.1) is 0 Å². The molecule has 0 saturated heterocycles. The first-order chi connectivity index (χ1) is 9.31. The lowest BCUT2D eigenvalue weighted by Gasteiger charge is -2.13. The van der Waals surface area contributed by atoms with E-state index in [-0.39, 0.29) is 10.6 Å². The maximum Gasteiger partial charge on any atom is 0.263 e. The third kappa shape index (κ3) is 3.08. The Bertz CT molecular complexity index is 763. The van der Waals surface area contributed by atoms with E-state index in [1.165, 1.54) is 6.07 Å². The molecule has 0 amide bonds. The molecule has 0 aromatic heterocycles. The second kappa shape index (κ2) is 5.63. The summed E-state index contributed by atoms with van der Waals surface area (Å²) in [6.45, 7) is 1.74. The van der Waals surface area contributed by atoms with Crippen molar-refractivity contribution in [2.24, 2.45) is 0 Å². The highest BCUT2D eigenvalue weighted by atomic mass is 79.9. The van der Waals surface area contributed by atoms with E-state index in [1.54, 1.807) is 37.3 Å². The number of benzene rings is 2. The van der Waals surface area contributed by atoms with Gasteiger partial charge in [0.25, 0.3) is 10.0 Å². The zero-order chi connectivity index (χ0) is 14.9. The van der Waals surface area contributed by atoms with E-state index in [2.05, 4.69) is 20.7 Å². The minimum Gasteiger partial charge on any atom is -0.398 e. The zero-order valence-electron chi connectivity index (χ0n) is 10.5. The summed E-state index contributed by atoms with van der Waals surface area (Å²) in [7, 11) is -3.75. The van der Waals surface area contributed by atoms with E-state index in [0.29, 0.717) is 20.7 Å². The first kappa shape index (κ1) is 15.2. The molecule has 20 heavy (non-hydrogen) atoms. The van der Waals surface area contributed by atoms with Crippen LogP contribution in [0.4, 0.5) is 11.4 Å². The largest absolute Gasteiger partial charge is 0.398 e. The van der Waals surface area contributed by atoms with Crippen molar-refractivity contribution in [1.29, 1.82) is 0 Å². The topological polar surface area (TPSA) is 72.2 Å². The predicted molar refractivity (Wildman–Crippen MR) is 85.6 cm³/mol. The predicted octanol–water partition coefficient (Wildman–Crippen LogP) is 3.79. The van der Waals surface area contributed by atoms with Crippen molar-refractivity contribution >= 4 is 48.9 Å². The van der Waals surface area contributed by atoms with Crippen molar-refractivity contribution in [1.82, 2.24) is 0 Å². The van der Waals surface area contributed by atoms with Gasteiger partial charge in [0.15, 0.2) is 0 Å². The van der Waals surface area contributed by atoms with E-state index >= 15 is 0 Å². The molecule has 0 bridgehead atoms. The van der Waals surface area contributed by atoms with Crippen LogP contribution in [0.25, 0.3) is 0 Å². The monoisotopic (exact) mass is 374 g/mol. The van der Waals surface area contributed by atoms with E-state index in [0.717, 1.165) is 0 Å². The molecule has 0 unspecified atom stereocenters. The van der Waals surface area contributed by atoms with Crippen LogP contribution in [0, 0.1) is 6.92 Å². The Morgan fingerprint density at radius 2 is 1.95 bits per heavy atom. The zero-order valence-corrected chi connectivity index (χ0v) is 13.7. The molecular formula is C13H12BrClN2O2S. The van der Waals surface area contributed by atoms with Gasteiger partial charge in [-0.05, 0) is 42.8 Å². The van der Waals surface area contributed by atoms with Gasteiger partial charge in [0, 0.05) is 9.50 Å². The average Bonchev–Trinajstić information content (AvgIpc) is 2.34. The summed E-state index contributed by atoms with van der Waals surface area (Å²) in [5.74, 6) is 0. The first-order valence-electron chi connectivity index (χ1n) is 5.64. The van der Waals surface area contributed by atoms with Gasteiger partial charge < -0.3 is 5.73 Å². The number of halogens is 2. The lowest BCUT2D eigenvalue weighted by atomic mass is 10.2. The SMILES string of the molecule is Cc1c(Cl)cccc1NS(=O)(=O)c1ccc(Br)cc1N. The fourth-order valence-corrected chi connectivity index (χ4v) is 3.47. The number of sulfonamides is 1. The van der Waals surface area contributed by atoms with Gasteiger partial charge >= 0.3 is 0 Å². The number of nitrogen functional groups attached to an aromatic ring is 1. The molecule has 0 aliphatic carbocycles. The van der Waals surface area contributed by atoms with Gasteiger partial charge in [-0.2, -0.15) is 0 Å². The highest BCUT2D eigenvalue weighted by molar-refractivity contribution is 9.10. The van der Waals surface area contributed by atoms with Crippen molar-refractivity contribution in [2.45, 2.75) is 11.8 Å². The Hall–Kier alpha value is -1.24. The normalized spacial score (nSPS) is 11.3. The minimum atomic E-state index is -3.75. The Morgan fingerprint density at radius 3 is 2.60 bits per heavy atom. The van der Waals surface area contributed by atoms with Crippen LogP contribution < -0.4 is 10.5 Å². The number of hydrogen-bond acceptors (Lipinski definition) is 3. The minimum absolute atomic E-state index is 0.0278. The number of hydrogen-bond donors (Lipinski definition) is 2. The summed E-state index contributed by atoms with van der Waals surface area (Å²) in [4.78, 5) is 0.0278. The average molecular weight is 376 g/mol. The van der Waals surface area contributed by atoms with Gasteiger partial charge in [-0.25, -0.2) is 8.42 Å². The Kier molecular flexibility index (Phi) is 4.27. The van der Waals surface area contributed by atoms with Crippen molar-refractivity contribution < 1.29 is 8.42 Å². The molecule has 0 spiro atoms. The summed E-state index contributed by atoms with van der Waals surface area (Å²) in [5.41, 5.74) is 7.02. The van der Waals surface area contributed by atoms with Gasteiger partial charge in [-0.3, -0.25) is 4.72 Å². The molecular weight excluding hydrogens is 364 g/mol. The van der Waals surface area contributed by atoms with E-state index in [4.69, 9.17) is 17.3 Å². The van der Waals surface area contributed by atoms with Crippen LogP contribution in [0.2, 0.25) is 5.02 Å². The summed E-state index contributed by atoms with van der Waals surface area (Å²) >= 11 is 9.21. The summed E-state index contributed by atoms with van der Waals surface area (Å²) in [6.07, 6.45) is 0. The number of nitrogens with two attached hydrogens (primary N) is 1. The molecule has 0 aliphatic rings. The van der Waals surface area contributed by atoms with Crippen molar-refractivity contribution in [3.05, 3.63) is 51.5 Å². The van der Waals surface area contributed by atoms with Crippen molar-refractivity contribution in [3.63, 3.8) is 0 Å². The smallest absolute Gasteiger partial charge is 0.263 e. The quantitative estimate of drug-likeness (QED) is 0.802. The van der Waals surface area contributed by atoms with Crippen LogP contribution in [0.5, 0.6) is 0 Å². The molecule has 0 saturated carbocycles. The van der Waals surface area contributed by atoms with E-state index in [9.17, 15) is 8.42 Å². The van der Waals surface area contributed by atoms with Crippen LogP contribution in [0.1, 0.15) is 5.56 Å². The molecule has 3 N–H and O–H groups in total. The van der Waals surface area contributed by atoms with Crippen LogP contribution in [-0.4, -0.2) is 8.42 Å². The first-order valence-corrected chi connectivity index (χ1v) is 8.29. The van der Waals surface area contributed by atoms with Crippen LogP contribution >= 0.6 is 27.5 Å². The van der Waals surface area contributed by atoms with E-state index in [1.807, 2.05) is 0 Å². The number of anilines is 2. The molecule has 2 rings (SSSR count). The standard InChI is InChI=1S/C13H12BrClN2O2S/c1-8-10(15)3-2-4-12(8)17-20(18,19)13-6-5-9(14)7-11(13)16/h2-7,17H,16H2,1H3. The van der Waals surface area contributed by atoms with Crippen LogP contribution in [0.15, 0.2) is 45.8 Å². The summed E-state index contributed by atoms with van der Waals surface area (Å²) in [6, 6.07) is 9.63. The van der Waals surface area contributed by atoms with Crippen molar-refractivity contribution in [3.8, 4) is 0 Å². The molecule has 0 heterocycles. The fraction of sp³-hybridized carbons (Fsp3) is 0.0769. The maximum absolute atomic E-state index is 12.3. The molecule has 4 nitrogen and oxygen atoms in total. The highest BCUT2D eigenvalue weighted by Crippen LogP contribution is 2.28. The van der Waals surface area contributed by atoms with Crippen LogP contribution in [-0.2, 0) is 10.0 Å². The summed E-state index contributed by atoms with van der Waals surface area (Å²) in [5, 5.41) is 0.494. The van der Waals surface area contributed by atoms with Gasteiger partial charge in [0.05, 0.1) is 11.4 Å². The molecule has 0 aliphatic heterocycles. The second-order valence-corrected chi connectivity index (χ2v) is 7.17. The third-order valence-electron chi connectivity index (χ3n) is 2.77. The highest BCUT2D eigenvalue weighted by Gasteiger charge is 2.18. The summed E-state index contributed by atoms with van der Waals surface area (Å²) < 4.78 is 27.9. The fourth-order valence-electron chi connectivity index (χ4n) is 1.68. The molecule has 0 atom stereocenters. The Morgan fingerprint density at radius 1 is 1.25 bits per heavy atom. The third-order valence-corrected chi connectivity index (χ3v) is 5.12. The molecule has 2 aromatic rings. The maximum atomic E-state index is 12.3. The Labute approximate surface area is 131 Å². The Balaban J connectivity index is 2.44.